The molecule has 2 rings (SSSR count). The normalized spacial score (nSPS) is 18.3. The van der Waals surface area contributed by atoms with E-state index in [9.17, 15) is 5.26 Å². The standard InChI is InChI=1S/C15H20N2O2/c1-2-17(10-14-4-3-7-19-14)15-6-5-12(11-18)8-13(15)9-16/h5-6,8,14,18H,2-4,7,10-11H2,1H3. The van der Waals surface area contributed by atoms with Crippen molar-refractivity contribution < 1.29 is 9.84 Å². The van der Waals surface area contributed by atoms with Gasteiger partial charge in [-0.25, -0.2) is 0 Å². The van der Waals surface area contributed by atoms with Crippen molar-refractivity contribution in [3.63, 3.8) is 0 Å². The van der Waals surface area contributed by atoms with Crippen molar-refractivity contribution in [1.82, 2.24) is 0 Å². The highest BCUT2D eigenvalue weighted by Gasteiger charge is 2.20. The summed E-state index contributed by atoms with van der Waals surface area (Å²) in [7, 11) is 0. The predicted molar refractivity (Wildman–Crippen MR) is 73.9 cm³/mol. The highest BCUT2D eigenvalue weighted by Crippen LogP contribution is 2.24. The van der Waals surface area contributed by atoms with Gasteiger partial charge < -0.3 is 14.7 Å². The van der Waals surface area contributed by atoms with Gasteiger partial charge in [-0.1, -0.05) is 6.07 Å². The predicted octanol–water partition coefficient (Wildman–Crippen LogP) is 2.06. The van der Waals surface area contributed by atoms with E-state index in [-0.39, 0.29) is 12.7 Å². The number of rotatable bonds is 5. The van der Waals surface area contributed by atoms with E-state index >= 15 is 0 Å². The maximum absolute atomic E-state index is 9.25. The lowest BCUT2D eigenvalue weighted by molar-refractivity contribution is 0.115. The topological polar surface area (TPSA) is 56.5 Å². The van der Waals surface area contributed by atoms with E-state index < -0.39 is 0 Å². The molecule has 0 amide bonds. The summed E-state index contributed by atoms with van der Waals surface area (Å²) in [6.07, 6.45) is 2.48. The molecular formula is C15H20N2O2. The van der Waals surface area contributed by atoms with Gasteiger partial charge >= 0.3 is 0 Å². The zero-order valence-corrected chi connectivity index (χ0v) is 11.3. The Morgan fingerprint density at radius 1 is 1.53 bits per heavy atom. The number of benzene rings is 1. The first kappa shape index (κ1) is 13.9. The number of hydrogen-bond donors (Lipinski definition) is 1. The number of anilines is 1. The minimum atomic E-state index is -0.0349. The zero-order valence-electron chi connectivity index (χ0n) is 11.3. The summed E-state index contributed by atoms with van der Waals surface area (Å²) in [6.45, 7) is 4.55. The molecule has 1 fully saturated rings. The minimum absolute atomic E-state index is 0.0349. The molecule has 0 aromatic heterocycles. The van der Waals surface area contributed by atoms with Crippen LogP contribution in [0.3, 0.4) is 0 Å². The fraction of sp³-hybridized carbons (Fsp3) is 0.533. The summed E-state index contributed by atoms with van der Waals surface area (Å²) < 4.78 is 5.66. The smallest absolute Gasteiger partial charge is 0.101 e. The number of aliphatic hydroxyl groups excluding tert-OH is 1. The van der Waals surface area contributed by atoms with Crippen LogP contribution in [0.4, 0.5) is 5.69 Å². The molecule has 1 atom stereocenters. The van der Waals surface area contributed by atoms with E-state index in [0.717, 1.165) is 43.8 Å². The highest BCUT2D eigenvalue weighted by atomic mass is 16.5. The molecule has 1 saturated heterocycles. The summed E-state index contributed by atoms with van der Waals surface area (Å²) >= 11 is 0. The van der Waals surface area contributed by atoms with Crippen LogP contribution in [0.25, 0.3) is 0 Å². The third kappa shape index (κ3) is 3.25. The molecule has 102 valence electrons. The number of nitrogens with zero attached hydrogens (tertiary/aromatic N) is 2. The van der Waals surface area contributed by atoms with Gasteiger partial charge in [-0.05, 0) is 37.5 Å². The van der Waals surface area contributed by atoms with Crippen molar-refractivity contribution in [2.75, 3.05) is 24.6 Å². The second kappa shape index (κ2) is 6.55. The Morgan fingerprint density at radius 3 is 2.95 bits per heavy atom. The van der Waals surface area contributed by atoms with Gasteiger partial charge in [0.2, 0.25) is 0 Å². The molecule has 0 saturated carbocycles. The van der Waals surface area contributed by atoms with Crippen molar-refractivity contribution in [1.29, 1.82) is 5.26 Å². The molecule has 1 aromatic rings. The molecule has 0 aliphatic carbocycles. The lowest BCUT2D eigenvalue weighted by atomic mass is 10.1. The third-order valence-electron chi connectivity index (χ3n) is 3.53. The van der Waals surface area contributed by atoms with Crippen LogP contribution in [0.1, 0.15) is 30.9 Å². The van der Waals surface area contributed by atoms with Crippen molar-refractivity contribution in [2.45, 2.75) is 32.5 Å². The van der Waals surface area contributed by atoms with Gasteiger partial charge in [0.15, 0.2) is 0 Å². The maximum Gasteiger partial charge on any atom is 0.101 e. The van der Waals surface area contributed by atoms with Crippen LogP contribution >= 0.6 is 0 Å². The van der Waals surface area contributed by atoms with Gasteiger partial charge in [-0.3, -0.25) is 0 Å². The average molecular weight is 260 g/mol. The van der Waals surface area contributed by atoms with Crippen LogP contribution in [0, 0.1) is 11.3 Å². The van der Waals surface area contributed by atoms with Gasteiger partial charge in [-0.2, -0.15) is 5.26 Å². The molecule has 0 spiro atoms. The van der Waals surface area contributed by atoms with Crippen LogP contribution in [0.15, 0.2) is 18.2 Å². The molecule has 1 unspecified atom stereocenters. The van der Waals surface area contributed by atoms with Crippen molar-refractivity contribution >= 4 is 5.69 Å². The fourth-order valence-corrected chi connectivity index (χ4v) is 2.48. The van der Waals surface area contributed by atoms with Crippen LogP contribution in [0.2, 0.25) is 0 Å². The van der Waals surface area contributed by atoms with Gasteiger partial charge in [0, 0.05) is 19.7 Å². The first-order valence-electron chi connectivity index (χ1n) is 6.79. The average Bonchev–Trinajstić information content (AvgIpc) is 2.97. The molecule has 1 aromatic carbocycles. The molecule has 1 heterocycles. The van der Waals surface area contributed by atoms with Gasteiger partial charge in [0.1, 0.15) is 6.07 Å². The minimum Gasteiger partial charge on any atom is -0.392 e. The van der Waals surface area contributed by atoms with Crippen LogP contribution in [-0.2, 0) is 11.3 Å². The van der Waals surface area contributed by atoms with Crippen LogP contribution in [-0.4, -0.2) is 30.9 Å². The lowest BCUT2D eigenvalue weighted by Crippen LogP contribution is -2.32. The first-order chi connectivity index (χ1) is 9.28. The number of hydrogen-bond acceptors (Lipinski definition) is 4. The Kier molecular flexibility index (Phi) is 4.78. The summed E-state index contributed by atoms with van der Waals surface area (Å²) in [5.74, 6) is 0. The van der Waals surface area contributed by atoms with Crippen molar-refractivity contribution in [2.24, 2.45) is 0 Å². The Labute approximate surface area is 114 Å². The summed E-state index contributed by atoms with van der Waals surface area (Å²) in [5, 5.41) is 18.4. The van der Waals surface area contributed by atoms with Gasteiger partial charge in [-0.15, -0.1) is 0 Å². The Morgan fingerprint density at radius 2 is 2.37 bits per heavy atom. The Hall–Kier alpha value is -1.57. The number of aliphatic hydroxyl groups is 1. The molecule has 4 nitrogen and oxygen atoms in total. The zero-order chi connectivity index (χ0) is 13.7. The SMILES string of the molecule is CCN(CC1CCCO1)c1ccc(CO)cc1C#N. The second-order valence-electron chi connectivity index (χ2n) is 4.80. The summed E-state index contributed by atoms with van der Waals surface area (Å²) in [5.41, 5.74) is 2.32. The molecule has 0 radical (unpaired) electrons. The quantitative estimate of drug-likeness (QED) is 0.880. The first-order valence-corrected chi connectivity index (χ1v) is 6.79. The van der Waals surface area contributed by atoms with Crippen molar-refractivity contribution in [3.05, 3.63) is 29.3 Å². The number of nitriles is 1. The number of ether oxygens (including phenoxy) is 1. The maximum atomic E-state index is 9.25. The Bertz CT molecular complexity index is 462. The molecule has 4 heteroatoms. The van der Waals surface area contributed by atoms with E-state index in [4.69, 9.17) is 9.84 Å². The largest absolute Gasteiger partial charge is 0.392 e. The Balaban J connectivity index is 2.19. The lowest BCUT2D eigenvalue weighted by Gasteiger charge is -2.27. The van der Waals surface area contributed by atoms with E-state index in [0.29, 0.717) is 5.56 Å². The van der Waals surface area contributed by atoms with E-state index in [2.05, 4.69) is 17.9 Å². The van der Waals surface area contributed by atoms with Gasteiger partial charge in [0.25, 0.3) is 0 Å². The van der Waals surface area contributed by atoms with Crippen LogP contribution in [0.5, 0.6) is 0 Å². The fourth-order valence-electron chi connectivity index (χ4n) is 2.48. The summed E-state index contributed by atoms with van der Waals surface area (Å²) in [4.78, 5) is 2.18. The van der Waals surface area contributed by atoms with E-state index in [1.165, 1.54) is 0 Å². The molecule has 1 aliphatic heterocycles. The molecule has 1 aliphatic rings. The van der Waals surface area contributed by atoms with Gasteiger partial charge in [0.05, 0.1) is 24.0 Å². The third-order valence-corrected chi connectivity index (χ3v) is 3.53. The van der Waals surface area contributed by atoms with Crippen LogP contribution < -0.4 is 4.90 Å². The second-order valence-corrected chi connectivity index (χ2v) is 4.80. The van der Waals surface area contributed by atoms with E-state index in [1.54, 1.807) is 6.07 Å². The number of likely N-dealkylation sites (N-methyl/N-ethyl adjacent to an activating group) is 1. The molecule has 1 N–H and O–H groups in total. The summed E-state index contributed by atoms with van der Waals surface area (Å²) in [6, 6.07) is 7.76. The molecular weight excluding hydrogens is 240 g/mol. The molecule has 0 bridgehead atoms. The van der Waals surface area contributed by atoms with E-state index in [1.807, 2.05) is 12.1 Å². The molecule has 19 heavy (non-hydrogen) atoms. The van der Waals surface area contributed by atoms with Crippen molar-refractivity contribution in [3.8, 4) is 6.07 Å². The highest BCUT2D eigenvalue weighted by molar-refractivity contribution is 5.60. The monoisotopic (exact) mass is 260 g/mol.